The Labute approximate surface area is 180 Å². The topological polar surface area (TPSA) is 75.4 Å². The SMILES string of the molecule is CCCCCNC(=O)c1coc(CN(CCCCC)C(=O)CCc2ccccc2)n1. The highest BCUT2D eigenvalue weighted by molar-refractivity contribution is 5.91. The van der Waals surface area contributed by atoms with Gasteiger partial charge in [-0.05, 0) is 24.8 Å². The van der Waals surface area contributed by atoms with Crippen molar-refractivity contribution in [3.63, 3.8) is 0 Å². The minimum atomic E-state index is -0.228. The summed E-state index contributed by atoms with van der Waals surface area (Å²) in [5, 5.41) is 2.86. The first-order valence-corrected chi connectivity index (χ1v) is 11.2. The van der Waals surface area contributed by atoms with Gasteiger partial charge in [0.05, 0.1) is 6.54 Å². The fourth-order valence-corrected chi connectivity index (χ4v) is 3.22. The van der Waals surface area contributed by atoms with Gasteiger partial charge in [-0.2, -0.15) is 0 Å². The Balaban J connectivity index is 1.92. The lowest BCUT2D eigenvalue weighted by Crippen LogP contribution is -2.32. The lowest BCUT2D eigenvalue weighted by molar-refractivity contribution is -0.132. The van der Waals surface area contributed by atoms with Gasteiger partial charge in [0.25, 0.3) is 5.91 Å². The molecule has 0 atom stereocenters. The van der Waals surface area contributed by atoms with Crippen molar-refractivity contribution in [2.75, 3.05) is 13.1 Å². The zero-order valence-corrected chi connectivity index (χ0v) is 18.4. The molecular formula is C24H35N3O3. The van der Waals surface area contributed by atoms with Gasteiger partial charge in [-0.25, -0.2) is 4.98 Å². The van der Waals surface area contributed by atoms with E-state index in [-0.39, 0.29) is 17.5 Å². The summed E-state index contributed by atoms with van der Waals surface area (Å²) in [4.78, 5) is 31.1. The van der Waals surface area contributed by atoms with Crippen LogP contribution in [0.15, 0.2) is 41.0 Å². The van der Waals surface area contributed by atoms with Gasteiger partial charge in [0.1, 0.15) is 6.26 Å². The summed E-state index contributed by atoms with van der Waals surface area (Å²) in [6.45, 7) is 5.86. The lowest BCUT2D eigenvalue weighted by Gasteiger charge is -2.21. The van der Waals surface area contributed by atoms with Crippen LogP contribution in [0.3, 0.4) is 0 Å². The summed E-state index contributed by atoms with van der Waals surface area (Å²) in [7, 11) is 0. The molecule has 1 aromatic heterocycles. The third kappa shape index (κ3) is 8.39. The van der Waals surface area contributed by atoms with Crippen LogP contribution in [0.1, 0.15) is 80.7 Å². The number of hydrogen-bond donors (Lipinski definition) is 1. The van der Waals surface area contributed by atoms with Crippen LogP contribution in [0.2, 0.25) is 0 Å². The minimum Gasteiger partial charge on any atom is -0.446 e. The molecule has 0 aliphatic rings. The summed E-state index contributed by atoms with van der Waals surface area (Å²) < 4.78 is 5.50. The Morgan fingerprint density at radius 3 is 2.50 bits per heavy atom. The molecule has 2 rings (SSSR count). The van der Waals surface area contributed by atoms with Gasteiger partial charge >= 0.3 is 0 Å². The number of oxazole rings is 1. The molecule has 0 spiro atoms. The minimum absolute atomic E-state index is 0.0822. The van der Waals surface area contributed by atoms with Crippen molar-refractivity contribution < 1.29 is 14.0 Å². The molecule has 6 heteroatoms. The van der Waals surface area contributed by atoms with Crippen LogP contribution in [0.25, 0.3) is 0 Å². The summed E-state index contributed by atoms with van der Waals surface area (Å²) in [6.07, 6.45) is 8.78. The Morgan fingerprint density at radius 2 is 1.77 bits per heavy atom. The smallest absolute Gasteiger partial charge is 0.273 e. The first kappa shape index (κ1) is 23.6. The molecule has 1 aromatic carbocycles. The number of amides is 2. The van der Waals surface area contributed by atoms with E-state index in [1.165, 1.54) is 6.26 Å². The molecule has 164 valence electrons. The molecule has 2 amide bonds. The van der Waals surface area contributed by atoms with E-state index in [1.54, 1.807) is 4.90 Å². The number of rotatable bonds is 14. The molecule has 0 unspecified atom stereocenters. The Morgan fingerprint density at radius 1 is 1.03 bits per heavy atom. The quantitative estimate of drug-likeness (QED) is 0.454. The van der Waals surface area contributed by atoms with Gasteiger partial charge in [0.2, 0.25) is 11.8 Å². The van der Waals surface area contributed by atoms with Crippen molar-refractivity contribution in [2.45, 2.75) is 71.8 Å². The van der Waals surface area contributed by atoms with Crippen molar-refractivity contribution in [2.24, 2.45) is 0 Å². The third-order valence-corrected chi connectivity index (χ3v) is 5.03. The van der Waals surface area contributed by atoms with Crippen LogP contribution in [0.5, 0.6) is 0 Å². The molecule has 6 nitrogen and oxygen atoms in total. The maximum atomic E-state index is 12.8. The maximum absolute atomic E-state index is 12.8. The largest absolute Gasteiger partial charge is 0.446 e. The van der Waals surface area contributed by atoms with Crippen LogP contribution < -0.4 is 5.32 Å². The number of aryl methyl sites for hydroxylation is 1. The zero-order chi connectivity index (χ0) is 21.6. The third-order valence-electron chi connectivity index (χ3n) is 5.03. The average Bonchev–Trinajstić information content (AvgIpc) is 3.24. The van der Waals surface area contributed by atoms with Crippen LogP contribution in [0.4, 0.5) is 0 Å². The Bertz CT molecular complexity index is 758. The fourth-order valence-electron chi connectivity index (χ4n) is 3.22. The van der Waals surface area contributed by atoms with Gasteiger partial charge in [-0.15, -0.1) is 0 Å². The van der Waals surface area contributed by atoms with Gasteiger partial charge in [0.15, 0.2) is 5.69 Å². The molecule has 0 saturated heterocycles. The number of unbranched alkanes of at least 4 members (excludes halogenated alkanes) is 4. The second kappa shape index (κ2) is 13.6. The number of carbonyl (C=O) groups excluding carboxylic acids is 2. The second-order valence-corrected chi connectivity index (χ2v) is 7.60. The van der Waals surface area contributed by atoms with Crippen LogP contribution in [-0.2, 0) is 17.8 Å². The molecule has 0 bridgehead atoms. The monoisotopic (exact) mass is 413 g/mol. The number of hydrogen-bond acceptors (Lipinski definition) is 4. The van der Waals surface area contributed by atoms with E-state index in [0.717, 1.165) is 44.1 Å². The Kier molecular flexibility index (Phi) is 10.7. The van der Waals surface area contributed by atoms with Crippen LogP contribution >= 0.6 is 0 Å². The molecule has 1 heterocycles. The van der Waals surface area contributed by atoms with E-state index < -0.39 is 0 Å². The van der Waals surface area contributed by atoms with E-state index in [2.05, 4.69) is 24.1 Å². The van der Waals surface area contributed by atoms with E-state index in [4.69, 9.17) is 4.42 Å². The first-order valence-electron chi connectivity index (χ1n) is 11.2. The summed E-state index contributed by atoms with van der Waals surface area (Å²) >= 11 is 0. The van der Waals surface area contributed by atoms with Crippen LogP contribution in [0, 0.1) is 0 Å². The van der Waals surface area contributed by atoms with Crippen molar-refractivity contribution in [3.05, 3.63) is 53.7 Å². The van der Waals surface area contributed by atoms with Crippen molar-refractivity contribution in [3.8, 4) is 0 Å². The predicted molar refractivity (Wildman–Crippen MR) is 118 cm³/mol. The van der Waals surface area contributed by atoms with E-state index >= 15 is 0 Å². The van der Waals surface area contributed by atoms with Gasteiger partial charge in [-0.3, -0.25) is 9.59 Å². The van der Waals surface area contributed by atoms with Gasteiger partial charge < -0.3 is 14.6 Å². The normalized spacial score (nSPS) is 10.7. The fraction of sp³-hybridized carbons (Fsp3) is 0.542. The summed E-state index contributed by atoms with van der Waals surface area (Å²) in [5.41, 5.74) is 1.42. The molecule has 2 aromatic rings. The van der Waals surface area contributed by atoms with E-state index in [0.29, 0.717) is 38.4 Å². The van der Waals surface area contributed by atoms with Gasteiger partial charge in [-0.1, -0.05) is 69.9 Å². The average molecular weight is 414 g/mol. The van der Waals surface area contributed by atoms with Crippen molar-refractivity contribution in [1.82, 2.24) is 15.2 Å². The molecule has 0 aliphatic heterocycles. The molecule has 30 heavy (non-hydrogen) atoms. The maximum Gasteiger partial charge on any atom is 0.273 e. The molecular weight excluding hydrogens is 378 g/mol. The summed E-state index contributed by atoms with van der Waals surface area (Å²) in [5.74, 6) is 0.256. The number of benzene rings is 1. The van der Waals surface area contributed by atoms with Gasteiger partial charge in [0, 0.05) is 19.5 Å². The lowest BCUT2D eigenvalue weighted by atomic mass is 10.1. The molecule has 1 N–H and O–H groups in total. The second-order valence-electron chi connectivity index (χ2n) is 7.60. The molecule has 0 saturated carbocycles. The highest BCUT2D eigenvalue weighted by Crippen LogP contribution is 2.11. The summed E-state index contributed by atoms with van der Waals surface area (Å²) in [6, 6.07) is 10.0. The highest BCUT2D eigenvalue weighted by atomic mass is 16.3. The van der Waals surface area contributed by atoms with E-state index in [9.17, 15) is 9.59 Å². The zero-order valence-electron chi connectivity index (χ0n) is 18.4. The van der Waals surface area contributed by atoms with Crippen molar-refractivity contribution >= 4 is 11.8 Å². The number of nitrogens with zero attached hydrogens (tertiary/aromatic N) is 2. The standard InChI is InChI=1S/C24H35N3O3/c1-3-5-10-16-25-24(29)21-19-30-22(26-21)18-27(17-11-6-4-2)23(28)15-14-20-12-8-7-9-13-20/h7-9,12-13,19H,3-6,10-11,14-18H2,1-2H3,(H,25,29). The number of nitrogens with one attached hydrogen (secondary N) is 1. The Hall–Kier alpha value is -2.63. The molecule has 0 aliphatic carbocycles. The molecule has 0 fully saturated rings. The van der Waals surface area contributed by atoms with Crippen molar-refractivity contribution in [1.29, 1.82) is 0 Å². The number of carbonyl (C=O) groups is 2. The number of aromatic nitrogens is 1. The molecule has 0 radical (unpaired) electrons. The van der Waals surface area contributed by atoms with E-state index in [1.807, 2.05) is 30.3 Å². The highest BCUT2D eigenvalue weighted by Gasteiger charge is 2.18. The predicted octanol–water partition coefficient (Wildman–Crippen LogP) is 4.75. The first-order chi connectivity index (χ1) is 14.6. The van der Waals surface area contributed by atoms with Crippen LogP contribution in [-0.4, -0.2) is 34.8 Å².